The number of benzene rings is 1. The number of aliphatic hydroxyl groups excluding tert-OH is 1. The van der Waals surface area contributed by atoms with Crippen molar-refractivity contribution in [2.75, 3.05) is 31.1 Å². The van der Waals surface area contributed by atoms with Crippen molar-refractivity contribution in [2.45, 2.75) is 25.0 Å². The molecule has 2 atom stereocenters. The van der Waals surface area contributed by atoms with E-state index in [1.165, 1.54) is 21.6 Å². The Morgan fingerprint density at radius 2 is 2.00 bits per heavy atom. The predicted octanol–water partition coefficient (Wildman–Crippen LogP) is 1.09. The topological polar surface area (TPSA) is 123 Å². The first kappa shape index (κ1) is 23.9. The average Bonchev–Trinajstić information content (AvgIpc) is 3.22. The summed E-state index contributed by atoms with van der Waals surface area (Å²) in [7, 11) is 1.57. The smallest absolute Gasteiger partial charge is 0.415 e. The molecule has 2 aromatic heterocycles. The van der Waals surface area contributed by atoms with E-state index in [1.54, 1.807) is 31.3 Å². The number of rotatable bonds is 7. The Kier molecular flexibility index (Phi) is 6.42. The first-order valence-corrected chi connectivity index (χ1v) is 11.6. The van der Waals surface area contributed by atoms with Gasteiger partial charge in [0.1, 0.15) is 30.1 Å². The number of halogens is 1. The van der Waals surface area contributed by atoms with E-state index >= 15 is 0 Å². The molecule has 0 saturated carbocycles. The van der Waals surface area contributed by atoms with Crippen molar-refractivity contribution in [1.29, 1.82) is 0 Å². The number of carbonyl (C=O) groups is 2. The molecular weight excluding hydrogens is 471 g/mol. The first-order chi connectivity index (χ1) is 17.3. The zero-order valence-corrected chi connectivity index (χ0v) is 19.6. The van der Waals surface area contributed by atoms with Crippen LogP contribution in [-0.4, -0.2) is 65.0 Å². The van der Waals surface area contributed by atoms with Crippen molar-refractivity contribution in [3.8, 4) is 5.75 Å². The molecule has 0 bridgehead atoms. The standard InChI is InChI=1S/C25H25FN4O6/c1-29-23(33)7-3-14-2-4-19(26)18(24(14)29)8-15(31)10-27-11-17-12-30(25(34)36-17)22-6-5-21-20(28-22)9-16(32)13-35-21/h2-7,15,17,27,31H,8-13H2,1H3/t15-,17-/m0/s1. The maximum Gasteiger partial charge on any atom is 0.415 e. The number of nitrogens with one attached hydrogen (secondary N) is 1. The lowest BCUT2D eigenvalue weighted by atomic mass is 10.0. The SMILES string of the molecule is Cn1c(=O)ccc2ccc(F)c(C[C@H](O)CNC[C@H]3CN(c4ccc5c(n4)CC(=O)CO5)C(=O)O3)c21. The number of Topliss-reactive ketones (excluding diaryl/α,β-unsaturated/α-hetero) is 1. The summed E-state index contributed by atoms with van der Waals surface area (Å²) in [4.78, 5) is 41.9. The number of nitrogens with zero attached hydrogens (tertiary/aromatic N) is 3. The fraction of sp³-hybridized carbons (Fsp3) is 0.360. The highest BCUT2D eigenvalue weighted by Crippen LogP contribution is 2.27. The number of ketones is 1. The summed E-state index contributed by atoms with van der Waals surface area (Å²) in [5, 5.41) is 14.3. The van der Waals surface area contributed by atoms with Gasteiger partial charge in [0.15, 0.2) is 5.78 Å². The van der Waals surface area contributed by atoms with E-state index in [0.717, 1.165) is 0 Å². The number of aliphatic hydroxyl groups is 1. The lowest BCUT2D eigenvalue weighted by molar-refractivity contribution is -0.121. The highest BCUT2D eigenvalue weighted by molar-refractivity contribution is 5.89. The molecule has 3 aromatic rings. The van der Waals surface area contributed by atoms with Crippen LogP contribution in [0.4, 0.5) is 15.0 Å². The quantitative estimate of drug-likeness (QED) is 0.499. The summed E-state index contributed by atoms with van der Waals surface area (Å²) in [6.07, 6.45) is -1.83. The van der Waals surface area contributed by atoms with Gasteiger partial charge in [-0.15, -0.1) is 0 Å². The second-order valence-corrected chi connectivity index (χ2v) is 8.95. The largest absolute Gasteiger partial charge is 0.484 e. The molecule has 2 aliphatic rings. The molecule has 1 fully saturated rings. The van der Waals surface area contributed by atoms with Crippen molar-refractivity contribution >= 4 is 28.6 Å². The Labute approximate surface area is 205 Å². The van der Waals surface area contributed by atoms with Crippen LogP contribution in [0, 0.1) is 5.82 Å². The van der Waals surface area contributed by atoms with Crippen LogP contribution < -0.4 is 20.5 Å². The lowest BCUT2D eigenvalue weighted by Crippen LogP contribution is -2.36. The number of carbonyl (C=O) groups excluding carboxylic acids is 2. The summed E-state index contributed by atoms with van der Waals surface area (Å²) in [6.45, 7) is 0.650. The fourth-order valence-electron chi connectivity index (χ4n) is 4.55. The number of hydrogen-bond donors (Lipinski definition) is 2. The average molecular weight is 496 g/mol. The van der Waals surface area contributed by atoms with Crippen LogP contribution in [0.3, 0.4) is 0 Å². The number of amides is 1. The van der Waals surface area contributed by atoms with E-state index in [2.05, 4.69) is 10.3 Å². The summed E-state index contributed by atoms with van der Waals surface area (Å²) in [5.74, 6) is 0.326. The van der Waals surface area contributed by atoms with Crippen LogP contribution in [0.25, 0.3) is 10.9 Å². The summed E-state index contributed by atoms with van der Waals surface area (Å²) in [6, 6.07) is 9.30. The van der Waals surface area contributed by atoms with Crippen molar-refractivity contribution in [1.82, 2.24) is 14.9 Å². The van der Waals surface area contributed by atoms with Crippen LogP contribution in [0.1, 0.15) is 11.3 Å². The molecule has 11 heteroatoms. The van der Waals surface area contributed by atoms with Gasteiger partial charge < -0.3 is 24.5 Å². The number of ether oxygens (including phenoxy) is 2. The zero-order valence-electron chi connectivity index (χ0n) is 19.6. The lowest BCUT2D eigenvalue weighted by Gasteiger charge is -2.19. The van der Waals surface area contributed by atoms with Gasteiger partial charge in [0.2, 0.25) is 0 Å². The van der Waals surface area contributed by atoms with Gasteiger partial charge >= 0.3 is 6.09 Å². The van der Waals surface area contributed by atoms with Gasteiger partial charge in [0.05, 0.1) is 30.3 Å². The fourth-order valence-corrected chi connectivity index (χ4v) is 4.55. The summed E-state index contributed by atoms with van der Waals surface area (Å²) in [5.41, 5.74) is 0.939. The Morgan fingerprint density at radius 1 is 1.19 bits per heavy atom. The third-order valence-electron chi connectivity index (χ3n) is 6.34. The van der Waals surface area contributed by atoms with Gasteiger partial charge in [0, 0.05) is 38.2 Å². The second-order valence-electron chi connectivity index (χ2n) is 8.95. The van der Waals surface area contributed by atoms with Crippen LogP contribution in [0.5, 0.6) is 5.75 Å². The summed E-state index contributed by atoms with van der Waals surface area (Å²) >= 11 is 0. The number of aryl methyl sites for hydroxylation is 1. The molecule has 188 valence electrons. The van der Waals surface area contributed by atoms with Crippen molar-refractivity contribution in [3.63, 3.8) is 0 Å². The van der Waals surface area contributed by atoms with Gasteiger partial charge in [-0.3, -0.25) is 14.5 Å². The first-order valence-electron chi connectivity index (χ1n) is 11.6. The zero-order chi connectivity index (χ0) is 25.4. The highest BCUT2D eigenvalue weighted by Gasteiger charge is 2.34. The van der Waals surface area contributed by atoms with E-state index in [9.17, 15) is 23.9 Å². The normalized spacial score (nSPS) is 18.2. The van der Waals surface area contributed by atoms with Crippen LogP contribution >= 0.6 is 0 Å². The van der Waals surface area contributed by atoms with E-state index in [-0.39, 0.29) is 56.0 Å². The monoisotopic (exact) mass is 496 g/mol. The van der Waals surface area contributed by atoms with Crippen LogP contribution in [0.15, 0.2) is 41.2 Å². The Balaban J connectivity index is 1.19. The number of anilines is 1. The van der Waals surface area contributed by atoms with Crippen molar-refractivity contribution in [3.05, 3.63) is 63.8 Å². The number of hydrogen-bond acceptors (Lipinski definition) is 8. The summed E-state index contributed by atoms with van der Waals surface area (Å²) < 4.78 is 26.7. The molecule has 0 unspecified atom stereocenters. The Hall–Kier alpha value is -3.83. The minimum atomic E-state index is -0.937. The highest BCUT2D eigenvalue weighted by atomic mass is 19.1. The Morgan fingerprint density at radius 3 is 2.83 bits per heavy atom. The molecule has 4 heterocycles. The van der Waals surface area contributed by atoms with Crippen molar-refractivity contribution < 1.29 is 28.6 Å². The number of pyridine rings is 2. The molecule has 1 amide bonds. The number of aromatic nitrogens is 2. The molecule has 10 nitrogen and oxygen atoms in total. The molecule has 36 heavy (non-hydrogen) atoms. The Bertz CT molecular complexity index is 1410. The molecule has 0 spiro atoms. The van der Waals surface area contributed by atoms with Gasteiger partial charge in [-0.1, -0.05) is 0 Å². The predicted molar refractivity (Wildman–Crippen MR) is 128 cm³/mol. The third kappa shape index (κ3) is 4.67. The molecule has 2 aliphatic heterocycles. The van der Waals surface area contributed by atoms with Crippen LogP contribution in [-0.2, 0) is 29.4 Å². The van der Waals surface area contributed by atoms with E-state index in [0.29, 0.717) is 28.2 Å². The van der Waals surface area contributed by atoms with Gasteiger partial charge in [-0.2, -0.15) is 0 Å². The van der Waals surface area contributed by atoms with E-state index < -0.39 is 24.1 Å². The molecule has 1 aromatic carbocycles. The maximum absolute atomic E-state index is 14.6. The number of cyclic esters (lactones) is 1. The molecule has 5 rings (SSSR count). The van der Waals surface area contributed by atoms with Crippen LogP contribution in [0.2, 0.25) is 0 Å². The van der Waals surface area contributed by atoms with E-state index in [1.807, 2.05) is 0 Å². The molecule has 2 N–H and O–H groups in total. The van der Waals surface area contributed by atoms with Crippen molar-refractivity contribution in [2.24, 2.45) is 7.05 Å². The van der Waals surface area contributed by atoms with Gasteiger partial charge in [-0.05, 0) is 35.7 Å². The van der Waals surface area contributed by atoms with Gasteiger partial charge in [-0.25, -0.2) is 14.2 Å². The van der Waals surface area contributed by atoms with E-state index in [4.69, 9.17) is 9.47 Å². The number of fused-ring (bicyclic) bond motifs is 2. The second kappa shape index (κ2) is 9.67. The third-order valence-corrected chi connectivity index (χ3v) is 6.34. The molecule has 1 saturated heterocycles. The molecule has 0 radical (unpaired) electrons. The minimum absolute atomic E-state index is 0.00385. The maximum atomic E-state index is 14.6. The van der Waals surface area contributed by atoms with Gasteiger partial charge in [0.25, 0.3) is 5.56 Å². The minimum Gasteiger partial charge on any atom is -0.484 e. The molecule has 0 aliphatic carbocycles. The molecular formula is C25H25FN4O6.